The van der Waals surface area contributed by atoms with Crippen molar-refractivity contribution in [2.75, 3.05) is 6.26 Å². The second-order valence-corrected chi connectivity index (χ2v) is 5.52. The van der Waals surface area contributed by atoms with Crippen LogP contribution in [0.3, 0.4) is 0 Å². The summed E-state index contributed by atoms with van der Waals surface area (Å²) in [4.78, 5) is 4.83. The molecule has 96 valence electrons. The number of benzene rings is 1. The highest BCUT2D eigenvalue weighted by atomic mass is 32.2. The van der Waals surface area contributed by atoms with Crippen molar-refractivity contribution in [1.29, 1.82) is 0 Å². The van der Waals surface area contributed by atoms with E-state index in [1.165, 1.54) is 21.7 Å². The van der Waals surface area contributed by atoms with Crippen LogP contribution in [-0.2, 0) is 0 Å². The summed E-state index contributed by atoms with van der Waals surface area (Å²) in [6, 6.07) is 12.7. The smallest absolute Gasteiger partial charge is 0.141 e. The van der Waals surface area contributed by atoms with E-state index in [1.54, 1.807) is 11.8 Å². The number of fused-ring (bicyclic) bond motifs is 1. The molecule has 0 aliphatic rings. The molecule has 0 unspecified atom stereocenters. The zero-order valence-corrected chi connectivity index (χ0v) is 12.2. The molecular formula is C16H16N2S. The van der Waals surface area contributed by atoms with Crippen LogP contribution in [0.5, 0.6) is 0 Å². The average molecular weight is 268 g/mol. The SMILES string of the molecule is CSc1c(-c2ccc(C)cc2)nc2c(C)cccn12. The first-order valence-corrected chi connectivity index (χ1v) is 7.52. The van der Waals surface area contributed by atoms with Crippen molar-refractivity contribution in [3.05, 3.63) is 53.7 Å². The van der Waals surface area contributed by atoms with Gasteiger partial charge in [0.1, 0.15) is 16.4 Å². The Morgan fingerprint density at radius 3 is 2.47 bits per heavy atom. The molecule has 0 bridgehead atoms. The third-order valence-corrected chi connectivity index (χ3v) is 4.10. The first-order valence-electron chi connectivity index (χ1n) is 6.29. The molecule has 0 fully saturated rings. The van der Waals surface area contributed by atoms with Gasteiger partial charge in [-0.15, -0.1) is 11.8 Å². The zero-order valence-electron chi connectivity index (χ0n) is 11.3. The number of hydrogen-bond acceptors (Lipinski definition) is 2. The van der Waals surface area contributed by atoms with Gasteiger partial charge in [-0.3, -0.25) is 4.40 Å². The molecule has 0 atom stereocenters. The second kappa shape index (κ2) is 4.74. The van der Waals surface area contributed by atoms with Gasteiger partial charge in [-0.25, -0.2) is 4.98 Å². The molecule has 0 aliphatic carbocycles. The van der Waals surface area contributed by atoms with Crippen LogP contribution in [-0.4, -0.2) is 15.6 Å². The van der Waals surface area contributed by atoms with Crippen LogP contribution >= 0.6 is 11.8 Å². The molecule has 0 radical (unpaired) electrons. The standard InChI is InChI=1S/C16H16N2S/c1-11-6-8-13(9-7-11)14-16(19-3)18-10-4-5-12(2)15(18)17-14/h4-10H,1-3H3. The zero-order chi connectivity index (χ0) is 13.4. The van der Waals surface area contributed by atoms with Crippen molar-refractivity contribution in [2.24, 2.45) is 0 Å². The third-order valence-electron chi connectivity index (χ3n) is 3.32. The van der Waals surface area contributed by atoms with Crippen LogP contribution in [0.15, 0.2) is 47.6 Å². The second-order valence-electron chi connectivity index (χ2n) is 4.72. The summed E-state index contributed by atoms with van der Waals surface area (Å²) in [5, 5.41) is 1.20. The Balaban J connectivity index is 2.29. The minimum absolute atomic E-state index is 1.04. The molecule has 1 aromatic carbocycles. The monoisotopic (exact) mass is 268 g/mol. The third kappa shape index (κ3) is 2.04. The van der Waals surface area contributed by atoms with Crippen molar-refractivity contribution in [2.45, 2.75) is 18.9 Å². The van der Waals surface area contributed by atoms with Crippen LogP contribution in [0.4, 0.5) is 0 Å². The van der Waals surface area contributed by atoms with E-state index in [2.05, 4.69) is 67.1 Å². The first-order chi connectivity index (χ1) is 9.20. The summed E-state index contributed by atoms with van der Waals surface area (Å²) < 4.78 is 2.18. The molecule has 2 aromatic heterocycles. The Kier molecular flexibility index (Phi) is 3.07. The van der Waals surface area contributed by atoms with E-state index < -0.39 is 0 Å². The van der Waals surface area contributed by atoms with Gasteiger partial charge in [0.25, 0.3) is 0 Å². The number of aryl methyl sites for hydroxylation is 2. The quantitative estimate of drug-likeness (QED) is 0.643. The lowest BCUT2D eigenvalue weighted by molar-refractivity contribution is 1.04. The fourth-order valence-electron chi connectivity index (χ4n) is 2.28. The molecule has 0 spiro atoms. The maximum Gasteiger partial charge on any atom is 0.141 e. The lowest BCUT2D eigenvalue weighted by Crippen LogP contribution is -1.87. The van der Waals surface area contributed by atoms with Gasteiger partial charge in [-0.2, -0.15) is 0 Å². The van der Waals surface area contributed by atoms with Crippen molar-refractivity contribution in [3.8, 4) is 11.3 Å². The summed E-state index contributed by atoms with van der Waals surface area (Å²) in [5.41, 5.74) is 5.77. The molecule has 3 heteroatoms. The van der Waals surface area contributed by atoms with Gasteiger partial charge in [-0.1, -0.05) is 35.9 Å². The highest BCUT2D eigenvalue weighted by Gasteiger charge is 2.13. The Morgan fingerprint density at radius 2 is 1.79 bits per heavy atom. The molecule has 2 nitrogen and oxygen atoms in total. The van der Waals surface area contributed by atoms with Gasteiger partial charge < -0.3 is 0 Å². The lowest BCUT2D eigenvalue weighted by atomic mass is 10.1. The van der Waals surface area contributed by atoms with E-state index in [9.17, 15) is 0 Å². The van der Waals surface area contributed by atoms with Gasteiger partial charge in [0.2, 0.25) is 0 Å². The van der Waals surface area contributed by atoms with E-state index in [-0.39, 0.29) is 0 Å². The van der Waals surface area contributed by atoms with Gasteiger partial charge in [0, 0.05) is 11.8 Å². The fraction of sp³-hybridized carbons (Fsp3) is 0.188. The number of pyridine rings is 1. The molecule has 0 saturated carbocycles. The summed E-state index contributed by atoms with van der Waals surface area (Å²) >= 11 is 1.74. The molecule has 19 heavy (non-hydrogen) atoms. The predicted molar refractivity (Wildman–Crippen MR) is 81.9 cm³/mol. The van der Waals surface area contributed by atoms with Crippen LogP contribution in [0, 0.1) is 13.8 Å². The van der Waals surface area contributed by atoms with Crippen LogP contribution < -0.4 is 0 Å². The van der Waals surface area contributed by atoms with Crippen molar-refractivity contribution >= 4 is 17.4 Å². The van der Waals surface area contributed by atoms with E-state index in [1.807, 2.05) is 0 Å². The first kappa shape index (κ1) is 12.3. The van der Waals surface area contributed by atoms with E-state index in [4.69, 9.17) is 4.98 Å². The number of thioether (sulfide) groups is 1. The van der Waals surface area contributed by atoms with Gasteiger partial charge in [0.05, 0.1) is 0 Å². The molecule has 2 heterocycles. The van der Waals surface area contributed by atoms with Crippen molar-refractivity contribution in [3.63, 3.8) is 0 Å². The van der Waals surface area contributed by atoms with Crippen LogP contribution in [0.2, 0.25) is 0 Å². The Bertz CT molecular complexity index is 726. The Morgan fingerprint density at radius 1 is 1.05 bits per heavy atom. The van der Waals surface area contributed by atoms with Gasteiger partial charge in [-0.05, 0) is 31.7 Å². The summed E-state index contributed by atoms with van der Waals surface area (Å²) in [5.74, 6) is 0. The topological polar surface area (TPSA) is 17.3 Å². The number of nitrogens with zero attached hydrogens (tertiary/aromatic N) is 2. The maximum absolute atomic E-state index is 4.83. The Hall–Kier alpha value is -1.74. The van der Waals surface area contributed by atoms with Crippen molar-refractivity contribution in [1.82, 2.24) is 9.38 Å². The maximum atomic E-state index is 4.83. The Labute approximate surface area is 117 Å². The molecule has 0 saturated heterocycles. The molecule has 0 aliphatic heterocycles. The van der Waals surface area contributed by atoms with Crippen LogP contribution in [0.25, 0.3) is 16.9 Å². The molecule has 0 N–H and O–H groups in total. The minimum Gasteiger partial charge on any atom is -0.294 e. The normalized spacial score (nSPS) is 11.1. The number of imidazole rings is 1. The van der Waals surface area contributed by atoms with Gasteiger partial charge >= 0.3 is 0 Å². The van der Waals surface area contributed by atoms with Crippen molar-refractivity contribution < 1.29 is 0 Å². The number of rotatable bonds is 2. The highest BCUT2D eigenvalue weighted by Crippen LogP contribution is 2.31. The minimum atomic E-state index is 1.04. The summed E-state index contributed by atoms with van der Waals surface area (Å²) in [6.45, 7) is 4.21. The predicted octanol–water partition coefficient (Wildman–Crippen LogP) is 4.34. The molecule has 0 amide bonds. The number of aromatic nitrogens is 2. The van der Waals surface area contributed by atoms with E-state index >= 15 is 0 Å². The molecule has 3 rings (SSSR count). The van der Waals surface area contributed by atoms with E-state index in [0.29, 0.717) is 0 Å². The average Bonchev–Trinajstić information content (AvgIpc) is 2.79. The number of hydrogen-bond donors (Lipinski definition) is 0. The largest absolute Gasteiger partial charge is 0.294 e. The highest BCUT2D eigenvalue weighted by molar-refractivity contribution is 7.98. The summed E-state index contributed by atoms with van der Waals surface area (Å²) in [6.07, 6.45) is 4.18. The summed E-state index contributed by atoms with van der Waals surface area (Å²) in [7, 11) is 0. The van der Waals surface area contributed by atoms with Gasteiger partial charge in [0.15, 0.2) is 0 Å². The van der Waals surface area contributed by atoms with Crippen LogP contribution in [0.1, 0.15) is 11.1 Å². The lowest BCUT2D eigenvalue weighted by Gasteiger charge is -2.02. The molecule has 3 aromatic rings. The fourth-order valence-corrected chi connectivity index (χ4v) is 2.98. The molecular weight excluding hydrogens is 252 g/mol. The van der Waals surface area contributed by atoms with E-state index in [0.717, 1.165) is 11.3 Å².